The van der Waals surface area contributed by atoms with Gasteiger partial charge in [-0.25, -0.2) is 0 Å². The van der Waals surface area contributed by atoms with Gasteiger partial charge < -0.3 is 10.2 Å². The third-order valence-corrected chi connectivity index (χ3v) is 4.00. The van der Waals surface area contributed by atoms with Crippen molar-refractivity contribution >= 4 is 17.4 Å². The Labute approximate surface area is 130 Å². The Kier molecular flexibility index (Phi) is 4.68. The second-order valence-corrected chi connectivity index (χ2v) is 5.74. The second-order valence-electron chi connectivity index (χ2n) is 5.36. The zero-order chi connectivity index (χ0) is 14.5. The number of rotatable bonds is 5. The maximum Gasteiger partial charge on any atom is 0.151 e. The van der Waals surface area contributed by atoms with E-state index in [9.17, 15) is 0 Å². The minimum atomic E-state index is 0.208. The van der Waals surface area contributed by atoms with Gasteiger partial charge in [-0.1, -0.05) is 41.9 Å². The average Bonchev–Trinajstić information content (AvgIpc) is 3.03. The highest BCUT2D eigenvalue weighted by Crippen LogP contribution is 2.21. The van der Waals surface area contributed by atoms with Crippen molar-refractivity contribution < 1.29 is 0 Å². The van der Waals surface area contributed by atoms with Crippen molar-refractivity contribution in [2.24, 2.45) is 0 Å². The Morgan fingerprint density at radius 3 is 2.48 bits per heavy atom. The fourth-order valence-corrected chi connectivity index (χ4v) is 2.82. The van der Waals surface area contributed by atoms with Crippen LogP contribution in [-0.4, -0.2) is 34.7 Å². The largest absolute Gasteiger partial charge is 0.360 e. The lowest BCUT2D eigenvalue weighted by Crippen LogP contribution is -2.29. The standard InChI is InChI=1S/C16H19ClN4/c17-15-8-9-16(20-19-15)18-14(12-21-10-4-5-11-21)13-6-2-1-3-7-13/h1-3,6-9,14H,4-5,10-12H2,(H,18,20). The van der Waals surface area contributed by atoms with Crippen LogP contribution in [0, 0.1) is 0 Å². The number of nitrogens with one attached hydrogen (secondary N) is 1. The molecule has 0 spiro atoms. The van der Waals surface area contributed by atoms with Crippen LogP contribution in [0.3, 0.4) is 0 Å². The lowest BCUT2D eigenvalue weighted by molar-refractivity contribution is 0.323. The Morgan fingerprint density at radius 2 is 1.81 bits per heavy atom. The van der Waals surface area contributed by atoms with Crippen LogP contribution in [0.25, 0.3) is 0 Å². The van der Waals surface area contributed by atoms with Crippen LogP contribution in [0.5, 0.6) is 0 Å². The predicted octanol–water partition coefficient (Wildman–Crippen LogP) is 3.38. The molecule has 2 heterocycles. The van der Waals surface area contributed by atoms with Crippen LogP contribution in [0.15, 0.2) is 42.5 Å². The summed E-state index contributed by atoms with van der Waals surface area (Å²) in [4.78, 5) is 2.49. The number of likely N-dealkylation sites (tertiary alicyclic amines) is 1. The van der Waals surface area contributed by atoms with Gasteiger partial charge in [-0.2, -0.15) is 0 Å². The molecule has 0 aliphatic carbocycles. The van der Waals surface area contributed by atoms with Crippen molar-refractivity contribution in [3.05, 3.63) is 53.2 Å². The number of hydrogen-bond acceptors (Lipinski definition) is 4. The predicted molar refractivity (Wildman–Crippen MR) is 85.5 cm³/mol. The first-order valence-corrected chi connectivity index (χ1v) is 7.72. The van der Waals surface area contributed by atoms with E-state index in [1.165, 1.54) is 31.5 Å². The molecule has 0 radical (unpaired) electrons. The summed E-state index contributed by atoms with van der Waals surface area (Å²) < 4.78 is 0. The van der Waals surface area contributed by atoms with Crippen molar-refractivity contribution in [1.82, 2.24) is 15.1 Å². The summed E-state index contributed by atoms with van der Waals surface area (Å²) >= 11 is 5.79. The molecule has 1 fully saturated rings. The van der Waals surface area contributed by atoms with Gasteiger partial charge in [0.25, 0.3) is 0 Å². The van der Waals surface area contributed by atoms with Crippen LogP contribution in [0.1, 0.15) is 24.4 Å². The number of halogens is 1. The quantitative estimate of drug-likeness (QED) is 0.919. The summed E-state index contributed by atoms with van der Waals surface area (Å²) in [5.41, 5.74) is 1.26. The van der Waals surface area contributed by atoms with Crippen LogP contribution >= 0.6 is 11.6 Å². The molecule has 1 aromatic carbocycles. The van der Waals surface area contributed by atoms with Gasteiger partial charge in [0.05, 0.1) is 6.04 Å². The van der Waals surface area contributed by atoms with Crippen LogP contribution in [-0.2, 0) is 0 Å². The van der Waals surface area contributed by atoms with Gasteiger partial charge >= 0.3 is 0 Å². The molecule has 1 aliphatic rings. The molecule has 0 bridgehead atoms. The Bertz CT molecular complexity index is 552. The first-order valence-electron chi connectivity index (χ1n) is 7.34. The lowest BCUT2D eigenvalue weighted by Gasteiger charge is -2.25. The van der Waals surface area contributed by atoms with E-state index >= 15 is 0 Å². The van der Waals surface area contributed by atoms with E-state index < -0.39 is 0 Å². The molecule has 5 heteroatoms. The van der Waals surface area contributed by atoms with Gasteiger partial charge in [0, 0.05) is 6.54 Å². The molecule has 3 rings (SSSR count). The Morgan fingerprint density at radius 1 is 1.05 bits per heavy atom. The summed E-state index contributed by atoms with van der Waals surface area (Å²) in [6.07, 6.45) is 2.59. The summed E-state index contributed by atoms with van der Waals surface area (Å²) in [5, 5.41) is 11.9. The molecule has 1 atom stereocenters. The van der Waals surface area contributed by atoms with E-state index in [1.807, 2.05) is 12.1 Å². The number of aromatic nitrogens is 2. The summed E-state index contributed by atoms with van der Waals surface area (Å²) in [6.45, 7) is 3.34. The molecule has 21 heavy (non-hydrogen) atoms. The lowest BCUT2D eigenvalue weighted by atomic mass is 10.1. The van der Waals surface area contributed by atoms with Gasteiger partial charge in [0.1, 0.15) is 5.82 Å². The second kappa shape index (κ2) is 6.87. The fourth-order valence-electron chi connectivity index (χ4n) is 2.71. The molecule has 1 aliphatic heterocycles. The van der Waals surface area contributed by atoms with Gasteiger partial charge in [-0.15, -0.1) is 10.2 Å². The maximum atomic E-state index is 5.79. The minimum Gasteiger partial charge on any atom is -0.360 e. The SMILES string of the molecule is Clc1ccc(NC(CN2CCCC2)c2ccccc2)nn1. The van der Waals surface area contributed by atoms with Crippen molar-refractivity contribution in [3.8, 4) is 0 Å². The molecule has 0 amide bonds. The molecule has 110 valence electrons. The smallest absolute Gasteiger partial charge is 0.151 e. The zero-order valence-corrected chi connectivity index (χ0v) is 12.6. The number of benzene rings is 1. The third kappa shape index (κ3) is 3.93. The molecule has 4 nitrogen and oxygen atoms in total. The molecular formula is C16H19ClN4. The van der Waals surface area contributed by atoms with E-state index in [2.05, 4.69) is 44.7 Å². The summed E-state index contributed by atoms with van der Waals surface area (Å²) in [7, 11) is 0. The zero-order valence-electron chi connectivity index (χ0n) is 11.9. The van der Waals surface area contributed by atoms with Gasteiger partial charge in [-0.05, 0) is 43.6 Å². The van der Waals surface area contributed by atoms with Gasteiger partial charge in [0.2, 0.25) is 0 Å². The number of anilines is 1. The Hall–Kier alpha value is -1.65. The Balaban J connectivity index is 1.76. The van der Waals surface area contributed by atoms with Crippen LogP contribution in [0.4, 0.5) is 5.82 Å². The fraction of sp³-hybridized carbons (Fsp3) is 0.375. The van der Waals surface area contributed by atoms with E-state index in [-0.39, 0.29) is 6.04 Å². The molecule has 1 unspecified atom stereocenters. The molecular weight excluding hydrogens is 284 g/mol. The molecule has 2 aromatic rings. The highest BCUT2D eigenvalue weighted by Gasteiger charge is 2.19. The van der Waals surface area contributed by atoms with E-state index in [4.69, 9.17) is 11.6 Å². The molecule has 1 saturated heterocycles. The molecule has 1 N–H and O–H groups in total. The monoisotopic (exact) mass is 302 g/mol. The van der Waals surface area contributed by atoms with Gasteiger partial charge in [-0.3, -0.25) is 0 Å². The minimum absolute atomic E-state index is 0.208. The first-order chi connectivity index (χ1) is 10.3. The van der Waals surface area contributed by atoms with Crippen LogP contribution in [0.2, 0.25) is 5.15 Å². The normalized spacial score (nSPS) is 16.8. The van der Waals surface area contributed by atoms with Crippen molar-refractivity contribution in [2.75, 3.05) is 25.0 Å². The highest BCUT2D eigenvalue weighted by molar-refractivity contribution is 6.29. The maximum absolute atomic E-state index is 5.79. The summed E-state index contributed by atoms with van der Waals surface area (Å²) in [6, 6.07) is 14.3. The summed E-state index contributed by atoms with van der Waals surface area (Å²) in [5.74, 6) is 0.757. The van der Waals surface area contributed by atoms with Crippen molar-refractivity contribution in [3.63, 3.8) is 0 Å². The van der Waals surface area contributed by atoms with Crippen molar-refractivity contribution in [2.45, 2.75) is 18.9 Å². The van der Waals surface area contributed by atoms with E-state index in [0.29, 0.717) is 5.15 Å². The molecule has 0 saturated carbocycles. The first kappa shape index (κ1) is 14.3. The van der Waals surface area contributed by atoms with E-state index in [1.54, 1.807) is 6.07 Å². The molecule has 1 aromatic heterocycles. The number of hydrogen-bond donors (Lipinski definition) is 1. The number of nitrogens with zero attached hydrogens (tertiary/aromatic N) is 3. The topological polar surface area (TPSA) is 41.0 Å². The van der Waals surface area contributed by atoms with Crippen LogP contribution < -0.4 is 5.32 Å². The average molecular weight is 303 g/mol. The highest BCUT2D eigenvalue weighted by atomic mass is 35.5. The van der Waals surface area contributed by atoms with E-state index in [0.717, 1.165) is 12.4 Å². The van der Waals surface area contributed by atoms with Crippen molar-refractivity contribution in [1.29, 1.82) is 0 Å². The third-order valence-electron chi connectivity index (χ3n) is 3.80. The van der Waals surface area contributed by atoms with Gasteiger partial charge in [0.15, 0.2) is 5.15 Å².